The predicted octanol–water partition coefficient (Wildman–Crippen LogP) is 1.03. The number of nitrogen functional groups attached to an aromatic ring is 1. The molecule has 0 aliphatic rings. The summed E-state index contributed by atoms with van der Waals surface area (Å²) in [7, 11) is 0. The molecule has 0 aliphatic heterocycles. The molecule has 3 N–H and O–H groups in total. The van der Waals surface area contributed by atoms with Crippen LogP contribution < -0.4 is 16.8 Å². The minimum absolute atomic E-state index is 0.147. The quantitative estimate of drug-likeness (QED) is 0.495. The maximum absolute atomic E-state index is 12.0. The van der Waals surface area contributed by atoms with E-state index >= 15 is 0 Å². The van der Waals surface area contributed by atoms with Crippen molar-refractivity contribution < 1.29 is 4.79 Å². The van der Waals surface area contributed by atoms with Gasteiger partial charge in [0.05, 0.1) is 23.4 Å². The first-order valence-corrected chi connectivity index (χ1v) is 6.95. The van der Waals surface area contributed by atoms with Crippen molar-refractivity contribution in [2.24, 2.45) is 5.84 Å². The van der Waals surface area contributed by atoms with Gasteiger partial charge in [-0.1, -0.05) is 0 Å². The monoisotopic (exact) mass is 342 g/mol. The number of nitrogens with zero attached hydrogens (tertiary/aromatic N) is 2. The number of carbonyl (C=O) groups excluding carboxylic acids is 1. The second-order valence-corrected chi connectivity index (χ2v) is 5.78. The first-order chi connectivity index (χ1) is 9.02. The maximum Gasteiger partial charge on any atom is 0.275 e. The average molecular weight is 343 g/mol. The Morgan fingerprint density at radius 1 is 1.58 bits per heavy atom. The summed E-state index contributed by atoms with van der Waals surface area (Å²) in [5.74, 6) is 4.72. The average Bonchev–Trinajstić information content (AvgIpc) is 2.87. The molecule has 0 aliphatic carbocycles. The van der Waals surface area contributed by atoms with E-state index in [-0.39, 0.29) is 11.5 Å². The van der Waals surface area contributed by atoms with Crippen LogP contribution in [0.1, 0.15) is 20.2 Å². The van der Waals surface area contributed by atoms with Crippen molar-refractivity contribution in [3.8, 4) is 0 Å². The molecule has 2 rings (SSSR count). The highest BCUT2D eigenvalue weighted by Crippen LogP contribution is 2.17. The lowest BCUT2D eigenvalue weighted by atomic mass is 10.4. The zero-order valence-corrected chi connectivity index (χ0v) is 12.4. The van der Waals surface area contributed by atoms with Crippen LogP contribution in [0.15, 0.2) is 27.7 Å². The topological polar surface area (TPSA) is 90.0 Å². The summed E-state index contributed by atoms with van der Waals surface area (Å²) in [5.41, 5.74) is 2.57. The van der Waals surface area contributed by atoms with E-state index in [2.05, 4.69) is 26.3 Å². The number of thiophene rings is 1. The van der Waals surface area contributed by atoms with Gasteiger partial charge in [0.25, 0.3) is 11.5 Å². The molecule has 0 fully saturated rings. The van der Waals surface area contributed by atoms with E-state index in [1.165, 1.54) is 22.2 Å². The molecule has 8 heteroatoms. The van der Waals surface area contributed by atoms with Crippen molar-refractivity contribution in [3.05, 3.63) is 48.7 Å². The number of carbonyl (C=O) groups is 1. The molecular weight excluding hydrogens is 332 g/mol. The molecule has 0 radical (unpaired) electrons. The van der Waals surface area contributed by atoms with E-state index in [4.69, 9.17) is 5.84 Å². The van der Waals surface area contributed by atoms with Gasteiger partial charge in [-0.05, 0) is 35.0 Å². The Morgan fingerprint density at radius 2 is 2.32 bits per heavy atom. The van der Waals surface area contributed by atoms with Gasteiger partial charge < -0.3 is 0 Å². The lowest BCUT2D eigenvalue weighted by Crippen LogP contribution is -2.29. The first-order valence-electron chi connectivity index (χ1n) is 5.34. The summed E-state index contributed by atoms with van der Waals surface area (Å²) in [6.45, 7) is 2.12. The summed E-state index contributed by atoms with van der Waals surface area (Å²) in [6, 6.07) is 3.46. The standard InChI is InChI=1S/C11H11BrN4O2S/c1-6-9(12)11(18)16(5-14-6)4-7-2-3-8(19-7)10(17)15-13/h2-3,5H,4,13H2,1H3,(H,15,17). The zero-order valence-electron chi connectivity index (χ0n) is 10.0. The molecule has 19 heavy (non-hydrogen) atoms. The number of halogens is 1. The lowest BCUT2D eigenvalue weighted by molar-refractivity contribution is 0.0957. The van der Waals surface area contributed by atoms with Gasteiger partial charge in [0.1, 0.15) is 4.47 Å². The molecule has 0 saturated heterocycles. The fourth-order valence-electron chi connectivity index (χ4n) is 1.48. The van der Waals surface area contributed by atoms with Crippen molar-refractivity contribution >= 4 is 33.2 Å². The Balaban J connectivity index is 2.27. The van der Waals surface area contributed by atoms with Gasteiger partial charge in [-0.2, -0.15) is 0 Å². The van der Waals surface area contributed by atoms with Crippen LogP contribution in [-0.2, 0) is 6.54 Å². The molecule has 100 valence electrons. The third-order valence-electron chi connectivity index (χ3n) is 2.50. The summed E-state index contributed by atoms with van der Waals surface area (Å²) in [4.78, 5) is 28.8. The second kappa shape index (κ2) is 5.64. The van der Waals surface area contributed by atoms with Gasteiger partial charge in [-0.15, -0.1) is 11.3 Å². The molecule has 6 nitrogen and oxygen atoms in total. The Morgan fingerprint density at radius 3 is 3.00 bits per heavy atom. The van der Waals surface area contributed by atoms with Gasteiger partial charge >= 0.3 is 0 Å². The minimum Gasteiger partial charge on any atom is -0.293 e. The highest BCUT2D eigenvalue weighted by atomic mass is 79.9. The predicted molar refractivity (Wildman–Crippen MR) is 76.0 cm³/mol. The van der Waals surface area contributed by atoms with Crippen LogP contribution >= 0.6 is 27.3 Å². The molecule has 0 aromatic carbocycles. The Kier molecular flexibility index (Phi) is 4.13. The Bertz CT molecular complexity index is 680. The molecule has 2 aromatic rings. The van der Waals surface area contributed by atoms with Crippen molar-refractivity contribution in [1.82, 2.24) is 15.0 Å². The molecule has 1 amide bonds. The van der Waals surface area contributed by atoms with E-state index in [0.29, 0.717) is 21.6 Å². The van der Waals surface area contributed by atoms with Crippen molar-refractivity contribution in [3.63, 3.8) is 0 Å². The Hall–Kier alpha value is -1.51. The first kappa shape index (κ1) is 13.9. The van der Waals surface area contributed by atoms with Crippen LogP contribution in [0.4, 0.5) is 0 Å². The number of aromatic nitrogens is 2. The second-order valence-electron chi connectivity index (χ2n) is 3.82. The molecule has 0 saturated carbocycles. The zero-order chi connectivity index (χ0) is 14.0. The summed E-state index contributed by atoms with van der Waals surface area (Å²) in [5, 5.41) is 0. The normalized spacial score (nSPS) is 10.5. The fourth-order valence-corrected chi connectivity index (χ4v) is 2.72. The van der Waals surface area contributed by atoms with Crippen molar-refractivity contribution in [2.45, 2.75) is 13.5 Å². The van der Waals surface area contributed by atoms with Crippen LogP contribution in [0.2, 0.25) is 0 Å². The maximum atomic E-state index is 12.0. The van der Waals surface area contributed by atoms with Gasteiger partial charge in [0, 0.05) is 4.88 Å². The largest absolute Gasteiger partial charge is 0.293 e. The number of nitrogens with two attached hydrogens (primary N) is 1. The minimum atomic E-state index is -0.341. The van der Waals surface area contributed by atoms with Crippen LogP contribution in [0, 0.1) is 6.92 Å². The Labute approximate surface area is 121 Å². The number of nitrogens with one attached hydrogen (secondary N) is 1. The van der Waals surface area contributed by atoms with E-state index in [0.717, 1.165) is 4.88 Å². The summed E-state index contributed by atoms with van der Waals surface area (Å²) in [6.07, 6.45) is 1.49. The molecule has 0 unspecified atom stereocenters. The molecule has 2 aromatic heterocycles. The van der Waals surface area contributed by atoms with Crippen molar-refractivity contribution in [2.75, 3.05) is 0 Å². The lowest BCUT2D eigenvalue weighted by Gasteiger charge is -2.05. The van der Waals surface area contributed by atoms with Crippen LogP contribution in [0.25, 0.3) is 0 Å². The van der Waals surface area contributed by atoms with Crippen LogP contribution in [0.3, 0.4) is 0 Å². The number of hydrazine groups is 1. The SMILES string of the molecule is Cc1ncn(Cc2ccc(C(=O)NN)s2)c(=O)c1Br. The van der Waals surface area contributed by atoms with E-state index in [1.54, 1.807) is 19.1 Å². The van der Waals surface area contributed by atoms with Crippen molar-refractivity contribution in [1.29, 1.82) is 0 Å². The van der Waals surface area contributed by atoms with E-state index in [9.17, 15) is 9.59 Å². The van der Waals surface area contributed by atoms with Gasteiger partial charge in [-0.3, -0.25) is 19.6 Å². The number of aryl methyl sites for hydroxylation is 1. The number of rotatable bonds is 3. The van der Waals surface area contributed by atoms with Gasteiger partial charge in [0.2, 0.25) is 0 Å². The molecule has 0 bridgehead atoms. The molecule has 0 atom stereocenters. The fraction of sp³-hybridized carbons (Fsp3) is 0.182. The third kappa shape index (κ3) is 2.91. The number of amides is 1. The molecule has 0 spiro atoms. The third-order valence-corrected chi connectivity index (χ3v) is 4.48. The number of hydrogen-bond acceptors (Lipinski definition) is 5. The highest BCUT2D eigenvalue weighted by molar-refractivity contribution is 9.10. The van der Waals surface area contributed by atoms with Crippen LogP contribution in [0.5, 0.6) is 0 Å². The highest BCUT2D eigenvalue weighted by Gasteiger charge is 2.10. The smallest absolute Gasteiger partial charge is 0.275 e. The van der Waals surface area contributed by atoms with Crippen LogP contribution in [-0.4, -0.2) is 15.5 Å². The van der Waals surface area contributed by atoms with Gasteiger partial charge in [0.15, 0.2) is 0 Å². The number of hydrogen-bond donors (Lipinski definition) is 2. The molecule has 2 heterocycles. The molecular formula is C11H11BrN4O2S. The summed E-state index contributed by atoms with van der Waals surface area (Å²) < 4.78 is 1.93. The van der Waals surface area contributed by atoms with E-state index < -0.39 is 0 Å². The summed E-state index contributed by atoms with van der Waals surface area (Å²) >= 11 is 4.49. The van der Waals surface area contributed by atoms with E-state index in [1.807, 2.05) is 0 Å². The van der Waals surface area contributed by atoms with Gasteiger partial charge in [-0.25, -0.2) is 10.8 Å².